The van der Waals surface area contributed by atoms with Crippen LogP contribution in [-0.2, 0) is 13.1 Å². The fourth-order valence-electron chi connectivity index (χ4n) is 4.70. The number of nitrogens with one attached hydrogen (secondary N) is 1. The summed E-state index contributed by atoms with van der Waals surface area (Å²) in [5.74, 6) is -0.254. The summed E-state index contributed by atoms with van der Waals surface area (Å²) < 4.78 is 44.1. The predicted molar refractivity (Wildman–Crippen MR) is 126 cm³/mol. The zero-order valence-corrected chi connectivity index (χ0v) is 18.8. The molecule has 34 heavy (non-hydrogen) atoms. The number of benzene rings is 2. The molecule has 2 heterocycles. The Balaban J connectivity index is 1.49. The molecule has 5 nitrogen and oxygen atoms in total. The van der Waals surface area contributed by atoms with E-state index in [1.54, 1.807) is 24.4 Å². The number of rotatable bonds is 7. The molecule has 1 fully saturated rings. The van der Waals surface area contributed by atoms with Crippen molar-refractivity contribution in [1.29, 1.82) is 0 Å². The van der Waals surface area contributed by atoms with Crippen molar-refractivity contribution in [1.82, 2.24) is 19.5 Å². The summed E-state index contributed by atoms with van der Waals surface area (Å²) in [6, 6.07) is 10.0. The van der Waals surface area contributed by atoms with Crippen molar-refractivity contribution in [3.63, 3.8) is 0 Å². The Kier molecular flexibility index (Phi) is 6.47. The van der Waals surface area contributed by atoms with Gasteiger partial charge in [0.1, 0.15) is 28.8 Å². The molecule has 1 N–H and O–H groups in total. The van der Waals surface area contributed by atoms with E-state index in [1.165, 1.54) is 50.3 Å². The molecule has 5 rings (SSSR count). The fraction of sp³-hybridized carbons (Fsp3) is 0.346. The predicted octanol–water partition coefficient (Wildman–Crippen LogP) is 6.49. The first-order chi connectivity index (χ1) is 16.6. The number of aromatic nitrogens is 4. The van der Waals surface area contributed by atoms with E-state index < -0.39 is 11.6 Å². The maximum Gasteiger partial charge on any atom is 0.225 e. The van der Waals surface area contributed by atoms with E-state index in [0.717, 1.165) is 12.5 Å². The molecule has 0 spiro atoms. The van der Waals surface area contributed by atoms with E-state index in [-0.39, 0.29) is 17.9 Å². The molecule has 2 aromatic heterocycles. The second-order valence-corrected chi connectivity index (χ2v) is 8.85. The van der Waals surface area contributed by atoms with Gasteiger partial charge < -0.3 is 9.88 Å². The molecule has 8 heteroatoms. The van der Waals surface area contributed by atoms with Crippen molar-refractivity contribution in [3.8, 4) is 11.4 Å². The standard InChI is InChI=1S/C26H26F3N5/c27-19-10-11-20(22(29)14-19)24-32-23-16-31-26(30-15-18-8-4-5-9-21(18)28)33-25(23)34(24)13-12-17-6-2-1-3-7-17/h4-5,8-11,14,16-17H,1-3,6-7,12-13,15H2,(H,30,31,33). The Bertz CT molecular complexity index is 1300. The maximum absolute atomic E-state index is 14.7. The van der Waals surface area contributed by atoms with Crippen molar-refractivity contribution in [2.45, 2.75) is 51.6 Å². The van der Waals surface area contributed by atoms with Crippen molar-refractivity contribution in [2.75, 3.05) is 5.32 Å². The van der Waals surface area contributed by atoms with Gasteiger partial charge in [0.15, 0.2) is 5.65 Å². The highest BCUT2D eigenvalue weighted by Gasteiger charge is 2.20. The monoisotopic (exact) mass is 465 g/mol. The van der Waals surface area contributed by atoms with Crippen LogP contribution in [0.5, 0.6) is 0 Å². The van der Waals surface area contributed by atoms with Gasteiger partial charge in [-0.15, -0.1) is 0 Å². The van der Waals surface area contributed by atoms with Gasteiger partial charge in [0, 0.05) is 24.7 Å². The number of imidazole rings is 1. The summed E-state index contributed by atoms with van der Waals surface area (Å²) in [7, 11) is 0. The van der Waals surface area contributed by atoms with E-state index in [0.29, 0.717) is 41.0 Å². The SMILES string of the molecule is Fc1ccc(-c2nc3cnc(NCc4ccccc4F)nc3n2CCC2CCCCC2)c(F)c1. The second-order valence-electron chi connectivity index (χ2n) is 8.85. The number of halogens is 3. The van der Waals surface area contributed by atoms with E-state index in [1.807, 2.05) is 4.57 Å². The topological polar surface area (TPSA) is 55.6 Å². The Morgan fingerprint density at radius 1 is 0.941 bits per heavy atom. The van der Waals surface area contributed by atoms with Gasteiger partial charge >= 0.3 is 0 Å². The van der Waals surface area contributed by atoms with E-state index in [4.69, 9.17) is 0 Å². The number of fused-ring (bicyclic) bond motifs is 1. The molecule has 4 aromatic rings. The molecule has 0 unspecified atom stereocenters. The molecule has 1 saturated carbocycles. The van der Waals surface area contributed by atoms with Crippen LogP contribution >= 0.6 is 0 Å². The first-order valence-electron chi connectivity index (χ1n) is 11.7. The van der Waals surface area contributed by atoms with Crippen LogP contribution in [0.25, 0.3) is 22.6 Å². The van der Waals surface area contributed by atoms with Crippen molar-refractivity contribution >= 4 is 17.1 Å². The van der Waals surface area contributed by atoms with Gasteiger partial charge in [0.2, 0.25) is 5.95 Å². The lowest BCUT2D eigenvalue weighted by molar-refractivity contribution is 0.325. The quantitative estimate of drug-likeness (QED) is 0.339. The smallest absolute Gasteiger partial charge is 0.225 e. The normalized spacial score (nSPS) is 14.6. The van der Waals surface area contributed by atoms with Crippen LogP contribution in [0.15, 0.2) is 48.7 Å². The highest BCUT2D eigenvalue weighted by molar-refractivity contribution is 5.77. The first kappa shape index (κ1) is 22.4. The molecule has 2 aromatic carbocycles. The molecule has 0 aliphatic heterocycles. The molecular weight excluding hydrogens is 439 g/mol. The van der Waals surface area contributed by atoms with Gasteiger partial charge in [-0.3, -0.25) is 0 Å². The average Bonchev–Trinajstić information content (AvgIpc) is 3.20. The largest absolute Gasteiger partial charge is 0.350 e. The molecule has 1 aliphatic rings. The Labute approximate surface area is 196 Å². The zero-order chi connectivity index (χ0) is 23.5. The van der Waals surface area contributed by atoms with Crippen LogP contribution in [0.4, 0.5) is 19.1 Å². The molecule has 0 radical (unpaired) electrons. The van der Waals surface area contributed by atoms with Crippen molar-refractivity contribution < 1.29 is 13.2 Å². The fourth-order valence-corrected chi connectivity index (χ4v) is 4.70. The lowest BCUT2D eigenvalue weighted by Gasteiger charge is -2.22. The van der Waals surface area contributed by atoms with Gasteiger partial charge in [0.05, 0.1) is 11.8 Å². The molecule has 1 aliphatic carbocycles. The number of anilines is 1. The highest BCUT2D eigenvalue weighted by atomic mass is 19.1. The van der Waals surface area contributed by atoms with Crippen molar-refractivity contribution in [2.24, 2.45) is 5.92 Å². The van der Waals surface area contributed by atoms with Gasteiger partial charge in [0.25, 0.3) is 0 Å². The average molecular weight is 466 g/mol. The Morgan fingerprint density at radius 2 is 1.76 bits per heavy atom. The Morgan fingerprint density at radius 3 is 2.56 bits per heavy atom. The number of hydrogen-bond donors (Lipinski definition) is 1. The molecule has 0 saturated heterocycles. The lowest BCUT2D eigenvalue weighted by Crippen LogP contribution is -2.12. The van der Waals surface area contributed by atoms with Crippen LogP contribution in [0.1, 0.15) is 44.1 Å². The lowest BCUT2D eigenvalue weighted by atomic mass is 9.87. The summed E-state index contributed by atoms with van der Waals surface area (Å²) in [4.78, 5) is 13.5. The third-order valence-electron chi connectivity index (χ3n) is 6.54. The third-order valence-corrected chi connectivity index (χ3v) is 6.54. The summed E-state index contributed by atoms with van der Waals surface area (Å²) in [5, 5.41) is 3.07. The Hall–Kier alpha value is -3.42. The summed E-state index contributed by atoms with van der Waals surface area (Å²) in [5.41, 5.74) is 1.83. The molecular formula is C26H26F3N5. The van der Waals surface area contributed by atoms with E-state index in [9.17, 15) is 13.2 Å². The minimum atomic E-state index is -0.667. The maximum atomic E-state index is 14.7. The zero-order valence-electron chi connectivity index (χ0n) is 18.8. The van der Waals surface area contributed by atoms with Crippen LogP contribution in [0.3, 0.4) is 0 Å². The summed E-state index contributed by atoms with van der Waals surface area (Å²) >= 11 is 0. The van der Waals surface area contributed by atoms with Crippen molar-refractivity contribution in [3.05, 3.63) is 71.7 Å². The van der Waals surface area contributed by atoms with Gasteiger partial charge in [-0.1, -0.05) is 50.3 Å². The third kappa shape index (κ3) is 4.76. The molecule has 0 amide bonds. The van der Waals surface area contributed by atoms with E-state index in [2.05, 4.69) is 20.3 Å². The number of hydrogen-bond acceptors (Lipinski definition) is 4. The van der Waals surface area contributed by atoms with E-state index >= 15 is 0 Å². The highest BCUT2D eigenvalue weighted by Crippen LogP contribution is 2.31. The second kappa shape index (κ2) is 9.83. The van der Waals surface area contributed by atoms with Crippen LogP contribution in [-0.4, -0.2) is 19.5 Å². The van der Waals surface area contributed by atoms with Crippen LogP contribution in [0, 0.1) is 23.4 Å². The first-order valence-corrected chi connectivity index (χ1v) is 11.7. The summed E-state index contributed by atoms with van der Waals surface area (Å²) in [6.45, 7) is 0.852. The van der Waals surface area contributed by atoms with Crippen LogP contribution in [0.2, 0.25) is 0 Å². The molecule has 0 bridgehead atoms. The number of aryl methyl sites for hydroxylation is 1. The van der Waals surface area contributed by atoms with Gasteiger partial charge in [-0.25, -0.2) is 23.1 Å². The minimum absolute atomic E-state index is 0.226. The summed E-state index contributed by atoms with van der Waals surface area (Å²) in [6.07, 6.45) is 8.65. The minimum Gasteiger partial charge on any atom is -0.350 e. The molecule has 176 valence electrons. The van der Waals surface area contributed by atoms with Crippen LogP contribution < -0.4 is 5.32 Å². The van der Waals surface area contributed by atoms with Gasteiger partial charge in [-0.2, -0.15) is 4.98 Å². The number of nitrogens with zero attached hydrogens (tertiary/aromatic N) is 4. The molecule has 0 atom stereocenters. The van der Waals surface area contributed by atoms with Gasteiger partial charge in [-0.05, 0) is 30.5 Å².